The van der Waals surface area contributed by atoms with Crippen molar-refractivity contribution in [3.8, 4) is 0 Å². The van der Waals surface area contributed by atoms with Gasteiger partial charge in [-0.15, -0.1) is 0 Å². The molecule has 1 rings (SSSR count). The van der Waals surface area contributed by atoms with Gasteiger partial charge in [0.1, 0.15) is 0 Å². The molecule has 0 aromatic carbocycles. The van der Waals surface area contributed by atoms with Gasteiger partial charge in [0, 0.05) is 18.8 Å². The first kappa shape index (κ1) is 12.1. The van der Waals surface area contributed by atoms with Gasteiger partial charge < -0.3 is 10.4 Å². The van der Waals surface area contributed by atoms with E-state index in [1.807, 2.05) is 0 Å². The van der Waals surface area contributed by atoms with Crippen LogP contribution in [0.25, 0.3) is 0 Å². The zero-order valence-corrected chi connectivity index (χ0v) is 8.22. The van der Waals surface area contributed by atoms with Crippen molar-refractivity contribution < 1.29 is 23.5 Å². The number of amides is 1. The van der Waals surface area contributed by atoms with Crippen LogP contribution in [0.15, 0.2) is 12.4 Å². The fourth-order valence-electron chi connectivity index (χ4n) is 1.08. The smallest absolute Gasteiger partial charge is 0.331 e. The maximum atomic E-state index is 11.9. The van der Waals surface area contributed by atoms with Gasteiger partial charge >= 0.3 is 12.4 Å². The van der Waals surface area contributed by atoms with Gasteiger partial charge in [-0.2, -0.15) is 13.9 Å². The molecule has 88 valence electrons. The molecular weight excluding hydrogens is 224 g/mol. The average molecular weight is 233 g/mol. The predicted octanol–water partition coefficient (Wildman–Crippen LogP) is -0.0729. The molecule has 1 heterocycles. The van der Waals surface area contributed by atoms with Crippen LogP contribution in [0.3, 0.4) is 0 Å². The Hall–Kier alpha value is -1.99. The van der Waals surface area contributed by atoms with E-state index in [2.05, 4.69) is 5.10 Å². The summed E-state index contributed by atoms with van der Waals surface area (Å²) in [7, 11) is 1.54. The summed E-state index contributed by atoms with van der Waals surface area (Å²) in [6.45, 7) is 0. The minimum absolute atomic E-state index is 0.129. The van der Waals surface area contributed by atoms with E-state index in [-0.39, 0.29) is 5.56 Å². The molecule has 0 saturated carbocycles. The number of hydrogen-bond acceptors (Lipinski definition) is 3. The number of rotatable bonds is 4. The minimum atomic E-state index is -3.25. The summed E-state index contributed by atoms with van der Waals surface area (Å²) in [4.78, 5) is 21.5. The highest BCUT2D eigenvalue weighted by atomic mass is 19.3. The lowest BCUT2D eigenvalue weighted by Gasteiger charge is -2.11. The van der Waals surface area contributed by atoms with E-state index < -0.39 is 24.3 Å². The Labute approximate surface area is 88.9 Å². The molecule has 0 fully saturated rings. The lowest BCUT2D eigenvalue weighted by Crippen LogP contribution is -2.37. The Morgan fingerprint density at radius 3 is 2.56 bits per heavy atom. The first-order valence-corrected chi connectivity index (χ1v) is 4.21. The SMILES string of the molecule is Cn1cc(C(NC(=O)C(F)F)C(=O)O)cn1. The van der Waals surface area contributed by atoms with Crippen LogP contribution >= 0.6 is 0 Å². The third kappa shape index (κ3) is 2.75. The number of aryl methyl sites for hydroxylation is 1. The Bertz CT molecular complexity index is 405. The number of aliphatic carboxylic acids is 1. The molecule has 0 aliphatic rings. The van der Waals surface area contributed by atoms with E-state index >= 15 is 0 Å². The van der Waals surface area contributed by atoms with Gasteiger partial charge in [0.05, 0.1) is 6.20 Å². The van der Waals surface area contributed by atoms with Crippen LogP contribution < -0.4 is 5.32 Å². The zero-order valence-electron chi connectivity index (χ0n) is 8.22. The predicted molar refractivity (Wildman–Crippen MR) is 47.7 cm³/mol. The number of nitrogens with one attached hydrogen (secondary N) is 1. The van der Waals surface area contributed by atoms with Crippen molar-refractivity contribution in [2.24, 2.45) is 7.05 Å². The molecule has 8 heteroatoms. The third-order valence-corrected chi connectivity index (χ3v) is 1.79. The fourth-order valence-corrected chi connectivity index (χ4v) is 1.08. The van der Waals surface area contributed by atoms with Crippen molar-refractivity contribution in [3.05, 3.63) is 18.0 Å². The van der Waals surface area contributed by atoms with Crippen molar-refractivity contribution in [3.63, 3.8) is 0 Å². The van der Waals surface area contributed by atoms with E-state index in [1.54, 1.807) is 5.32 Å². The van der Waals surface area contributed by atoms with Crippen molar-refractivity contribution in [1.29, 1.82) is 0 Å². The van der Waals surface area contributed by atoms with Crippen LogP contribution in [0.1, 0.15) is 11.6 Å². The van der Waals surface area contributed by atoms with Gasteiger partial charge in [0.2, 0.25) is 0 Å². The fraction of sp³-hybridized carbons (Fsp3) is 0.375. The Morgan fingerprint density at radius 1 is 1.56 bits per heavy atom. The molecule has 0 spiro atoms. The van der Waals surface area contributed by atoms with Crippen LogP contribution in [0.5, 0.6) is 0 Å². The molecule has 2 N–H and O–H groups in total. The number of aromatic nitrogens is 2. The molecule has 0 bridgehead atoms. The minimum Gasteiger partial charge on any atom is -0.479 e. The van der Waals surface area contributed by atoms with Crippen LogP contribution in [-0.4, -0.2) is 33.2 Å². The van der Waals surface area contributed by atoms with Crippen molar-refractivity contribution in [1.82, 2.24) is 15.1 Å². The summed E-state index contributed by atoms with van der Waals surface area (Å²) in [6, 6.07) is -1.52. The van der Waals surface area contributed by atoms with Crippen LogP contribution in [-0.2, 0) is 16.6 Å². The zero-order chi connectivity index (χ0) is 12.3. The van der Waals surface area contributed by atoms with Gasteiger partial charge in [-0.25, -0.2) is 4.79 Å². The van der Waals surface area contributed by atoms with Crippen molar-refractivity contribution in [2.75, 3.05) is 0 Å². The second kappa shape index (κ2) is 4.69. The summed E-state index contributed by atoms with van der Waals surface area (Å²) in [5, 5.41) is 14.2. The molecular formula is C8H9F2N3O3. The highest BCUT2D eigenvalue weighted by Crippen LogP contribution is 2.12. The van der Waals surface area contributed by atoms with E-state index in [4.69, 9.17) is 5.11 Å². The number of alkyl halides is 2. The second-order valence-corrected chi connectivity index (χ2v) is 3.03. The topological polar surface area (TPSA) is 84.2 Å². The number of hydrogen-bond donors (Lipinski definition) is 2. The maximum Gasteiger partial charge on any atom is 0.331 e. The van der Waals surface area contributed by atoms with Crippen LogP contribution in [0, 0.1) is 0 Å². The number of nitrogens with zero attached hydrogens (tertiary/aromatic N) is 2. The third-order valence-electron chi connectivity index (χ3n) is 1.79. The molecule has 6 nitrogen and oxygen atoms in total. The normalized spacial score (nSPS) is 12.5. The van der Waals surface area contributed by atoms with Gasteiger partial charge in [-0.3, -0.25) is 9.48 Å². The summed E-state index contributed by atoms with van der Waals surface area (Å²) in [5.74, 6) is -3.06. The summed E-state index contributed by atoms with van der Waals surface area (Å²) in [5.41, 5.74) is 0.129. The van der Waals surface area contributed by atoms with E-state index in [0.29, 0.717) is 0 Å². The largest absolute Gasteiger partial charge is 0.479 e. The van der Waals surface area contributed by atoms with Gasteiger partial charge in [-0.1, -0.05) is 0 Å². The average Bonchev–Trinajstić information content (AvgIpc) is 2.59. The quantitative estimate of drug-likeness (QED) is 0.762. The number of carboxylic acids is 1. The molecule has 1 atom stereocenters. The van der Waals surface area contributed by atoms with Crippen LogP contribution in [0.2, 0.25) is 0 Å². The van der Waals surface area contributed by atoms with Crippen LogP contribution in [0.4, 0.5) is 8.78 Å². The monoisotopic (exact) mass is 233 g/mol. The maximum absolute atomic E-state index is 11.9. The molecule has 1 aromatic heterocycles. The van der Waals surface area contributed by atoms with Crippen molar-refractivity contribution >= 4 is 11.9 Å². The summed E-state index contributed by atoms with van der Waals surface area (Å²) < 4.78 is 25.2. The molecule has 1 amide bonds. The number of halogens is 2. The Kier molecular flexibility index (Phi) is 3.54. The molecule has 0 saturated heterocycles. The van der Waals surface area contributed by atoms with Crippen molar-refractivity contribution in [2.45, 2.75) is 12.5 Å². The lowest BCUT2D eigenvalue weighted by molar-refractivity contribution is -0.144. The lowest BCUT2D eigenvalue weighted by atomic mass is 10.1. The number of carboxylic acid groups (broad SMARTS) is 1. The highest BCUT2D eigenvalue weighted by Gasteiger charge is 2.26. The standard InChI is InChI=1S/C8H9F2N3O3/c1-13-3-4(2-11-13)5(8(15)16)12-7(14)6(9)10/h2-3,5-6H,1H3,(H,12,14)(H,15,16). The molecule has 16 heavy (non-hydrogen) atoms. The summed E-state index contributed by atoms with van der Waals surface area (Å²) in [6.07, 6.45) is -0.742. The molecule has 0 aliphatic carbocycles. The van der Waals surface area contributed by atoms with E-state index in [1.165, 1.54) is 24.1 Å². The molecule has 0 radical (unpaired) electrons. The van der Waals surface area contributed by atoms with Gasteiger partial charge in [-0.05, 0) is 0 Å². The first-order valence-electron chi connectivity index (χ1n) is 4.21. The summed E-state index contributed by atoms with van der Waals surface area (Å²) >= 11 is 0. The number of carbonyl (C=O) groups is 2. The second-order valence-electron chi connectivity index (χ2n) is 3.03. The molecule has 0 aliphatic heterocycles. The van der Waals surface area contributed by atoms with Gasteiger partial charge in [0.25, 0.3) is 5.91 Å². The Morgan fingerprint density at radius 2 is 2.19 bits per heavy atom. The first-order chi connectivity index (χ1) is 7.41. The molecule has 1 aromatic rings. The Balaban J connectivity index is 2.84. The number of carbonyl (C=O) groups excluding carboxylic acids is 1. The molecule has 1 unspecified atom stereocenters. The van der Waals surface area contributed by atoms with E-state index in [9.17, 15) is 18.4 Å². The van der Waals surface area contributed by atoms with E-state index in [0.717, 1.165) is 0 Å². The van der Waals surface area contributed by atoms with Gasteiger partial charge in [0.15, 0.2) is 6.04 Å². The highest BCUT2D eigenvalue weighted by molar-refractivity contribution is 5.86.